The lowest BCUT2D eigenvalue weighted by Crippen LogP contribution is -2.49. The van der Waals surface area contributed by atoms with E-state index in [2.05, 4.69) is 34.0 Å². The van der Waals surface area contributed by atoms with Crippen molar-refractivity contribution in [2.75, 3.05) is 24.6 Å². The van der Waals surface area contributed by atoms with E-state index < -0.39 is 0 Å². The number of Topliss-reactive ketones (excluding diaryl/α,β-unsaturated/α-hetero) is 1. The minimum absolute atomic E-state index is 0.128. The highest BCUT2D eigenvalue weighted by molar-refractivity contribution is 5.95. The Hall–Kier alpha value is -3.23. The zero-order valence-corrected chi connectivity index (χ0v) is 20.0. The van der Waals surface area contributed by atoms with Gasteiger partial charge in [-0.05, 0) is 55.0 Å². The van der Waals surface area contributed by atoms with Crippen LogP contribution in [0, 0.1) is 0 Å². The maximum absolute atomic E-state index is 13.0. The molecule has 0 aliphatic carbocycles. The molecule has 2 bridgehead atoms. The van der Waals surface area contributed by atoms with Gasteiger partial charge >= 0.3 is 0 Å². The van der Waals surface area contributed by atoms with Gasteiger partial charge < -0.3 is 10.7 Å². The van der Waals surface area contributed by atoms with Crippen molar-refractivity contribution in [2.24, 2.45) is 16.8 Å². The maximum atomic E-state index is 13.0. The molecule has 2 heterocycles. The van der Waals surface area contributed by atoms with Gasteiger partial charge in [0.2, 0.25) is 5.91 Å². The van der Waals surface area contributed by atoms with E-state index in [-0.39, 0.29) is 11.7 Å². The number of fused-ring (bicyclic) bond motifs is 2. The largest absolute Gasteiger partial charge is 0.337 e. The van der Waals surface area contributed by atoms with Gasteiger partial charge in [-0.15, -0.1) is 0 Å². The lowest BCUT2D eigenvalue weighted by Gasteiger charge is -2.34. The fourth-order valence-corrected chi connectivity index (χ4v) is 5.24. The van der Waals surface area contributed by atoms with Crippen molar-refractivity contribution in [3.8, 4) is 0 Å². The van der Waals surface area contributed by atoms with Crippen molar-refractivity contribution in [1.82, 2.24) is 9.80 Å². The molecule has 2 aromatic carbocycles. The highest BCUT2D eigenvalue weighted by Gasteiger charge is 2.44. The molecule has 0 aromatic heterocycles. The van der Waals surface area contributed by atoms with Crippen molar-refractivity contribution in [3.05, 3.63) is 64.7 Å². The molecule has 34 heavy (non-hydrogen) atoms. The van der Waals surface area contributed by atoms with Gasteiger partial charge in [0.1, 0.15) is 6.34 Å². The monoisotopic (exact) mass is 462 g/mol. The Balaban J connectivity index is 1.29. The fourth-order valence-electron chi connectivity index (χ4n) is 5.24. The summed E-state index contributed by atoms with van der Waals surface area (Å²) >= 11 is 0. The predicted octanol–water partition coefficient (Wildman–Crippen LogP) is 2.10. The third-order valence-corrected chi connectivity index (χ3v) is 7.07. The number of likely N-dealkylation sites (tertiary alicyclic amines) is 2. The molecule has 2 aliphatic rings. The fraction of sp³-hybridized carbons (Fsp3) is 0.423. The number of hydrazine groups is 1. The van der Waals surface area contributed by atoms with Crippen LogP contribution in [0.2, 0.25) is 0 Å². The van der Waals surface area contributed by atoms with Crippen LogP contribution in [0.4, 0.5) is 5.69 Å². The molecule has 180 valence electrons. The smallest absolute Gasteiger partial charge is 0.227 e. The summed E-state index contributed by atoms with van der Waals surface area (Å²) in [5.74, 6) is 11.3. The number of benzene rings is 2. The SMILES string of the molecule is CCc1cc(CCN2CC3CC2CN3C(=O)Cc2ccc(N(N)/C=N\N)cc2)ccc1C(C)=O. The van der Waals surface area contributed by atoms with Crippen LogP contribution in [-0.4, -0.2) is 59.5 Å². The molecule has 1 amide bonds. The average molecular weight is 463 g/mol. The molecule has 2 fully saturated rings. The van der Waals surface area contributed by atoms with E-state index in [9.17, 15) is 9.59 Å². The van der Waals surface area contributed by atoms with E-state index in [4.69, 9.17) is 11.7 Å². The zero-order chi connectivity index (χ0) is 24.2. The van der Waals surface area contributed by atoms with Crippen molar-refractivity contribution in [2.45, 2.75) is 51.6 Å². The third-order valence-electron chi connectivity index (χ3n) is 7.07. The quantitative estimate of drug-likeness (QED) is 0.194. The molecule has 2 unspecified atom stereocenters. The number of nitrogens with two attached hydrogens (primary N) is 2. The molecule has 4 rings (SSSR count). The lowest BCUT2D eigenvalue weighted by atomic mass is 9.98. The Morgan fingerprint density at radius 1 is 1.12 bits per heavy atom. The van der Waals surface area contributed by atoms with Gasteiger partial charge in [-0.3, -0.25) is 19.5 Å². The predicted molar refractivity (Wildman–Crippen MR) is 134 cm³/mol. The normalized spacial score (nSPS) is 19.8. The Morgan fingerprint density at radius 2 is 1.85 bits per heavy atom. The second-order valence-corrected chi connectivity index (χ2v) is 9.25. The number of amides is 1. The Bertz CT molecular complexity index is 1070. The maximum Gasteiger partial charge on any atom is 0.227 e. The number of ketones is 1. The zero-order valence-electron chi connectivity index (χ0n) is 20.0. The summed E-state index contributed by atoms with van der Waals surface area (Å²) in [6, 6.07) is 14.5. The average Bonchev–Trinajstić information content (AvgIpc) is 3.44. The van der Waals surface area contributed by atoms with E-state index in [0.29, 0.717) is 18.5 Å². The first-order valence-corrected chi connectivity index (χ1v) is 11.9. The van der Waals surface area contributed by atoms with Crippen LogP contribution in [0.15, 0.2) is 47.6 Å². The molecular formula is C26H34N6O2. The number of carbonyl (C=O) groups is 2. The number of anilines is 1. The molecule has 0 radical (unpaired) electrons. The van der Waals surface area contributed by atoms with Crippen LogP contribution < -0.4 is 16.7 Å². The third kappa shape index (κ3) is 5.13. The van der Waals surface area contributed by atoms with E-state index in [1.165, 1.54) is 16.9 Å². The number of hydrazone groups is 1. The summed E-state index contributed by atoms with van der Waals surface area (Å²) in [7, 11) is 0. The minimum Gasteiger partial charge on any atom is -0.337 e. The summed E-state index contributed by atoms with van der Waals surface area (Å²) in [5.41, 5.74) is 4.95. The van der Waals surface area contributed by atoms with Crippen LogP contribution in [0.1, 0.15) is 47.3 Å². The van der Waals surface area contributed by atoms with Gasteiger partial charge in [-0.2, -0.15) is 5.10 Å². The molecular weight excluding hydrogens is 428 g/mol. The van der Waals surface area contributed by atoms with E-state index in [1.807, 2.05) is 30.3 Å². The summed E-state index contributed by atoms with van der Waals surface area (Å²) in [6.45, 7) is 6.43. The van der Waals surface area contributed by atoms with Gasteiger partial charge in [0.05, 0.1) is 12.1 Å². The van der Waals surface area contributed by atoms with E-state index >= 15 is 0 Å². The van der Waals surface area contributed by atoms with Crippen LogP contribution in [0.5, 0.6) is 0 Å². The molecule has 2 aromatic rings. The van der Waals surface area contributed by atoms with Crippen LogP contribution in [-0.2, 0) is 24.1 Å². The topological polar surface area (TPSA) is 108 Å². The summed E-state index contributed by atoms with van der Waals surface area (Å²) in [6.07, 6.45) is 4.60. The van der Waals surface area contributed by atoms with Gasteiger partial charge in [0, 0.05) is 37.3 Å². The van der Waals surface area contributed by atoms with Gasteiger partial charge in [-0.1, -0.05) is 37.3 Å². The molecule has 2 saturated heterocycles. The number of hydrogen-bond acceptors (Lipinski definition) is 6. The lowest BCUT2D eigenvalue weighted by molar-refractivity contribution is -0.132. The van der Waals surface area contributed by atoms with Crippen LogP contribution in [0.25, 0.3) is 0 Å². The summed E-state index contributed by atoms with van der Waals surface area (Å²) in [5, 5.41) is 4.74. The van der Waals surface area contributed by atoms with Crippen LogP contribution in [0.3, 0.4) is 0 Å². The Morgan fingerprint density at radius 3 is 2.47 bits per heavy atom. The minimum atomic E-state index is 0.128. The number of carbonyl (C=O) groups excluding carboxylic acids is 2. The molecule has 8 heteroatoms. The van der Waals surface area contributed by atoms with Crippen LogP contribution >= 0.6 is 0 Å². The summed E-state index contributed by atoms with van der Waals surface area (Å²) < 4.78 is 0. The van der Waals surface area contributed by atoms with Crippen molar-refractivity contribution in [1.29, 1.82) is 0 Å². The first kappa shape index (κ1) is 23.9. The molecule has 8 nitrogen and oxygen atoms in total. The van der Waals surface area contributed by atoms with Crippen molar-refractivity contribution in [3.63, 3.8) is 0 Å². The first-order chi connectivity index (χ1) is 16.4. The number of hydrogen-bond donors (Lipinski definition) is 2. The molecule has 2 atom stereocenters. The van der Waals surface area contributed by atoms with Crippen molar-refractivity contribution >= 4 is 23.7 Å². The number of aryl methyl sites for hydroxylation is 1. The highest BCUT2D eigenvalue weighted by Crippen LogP contribution is 2.31. The summed E-state index contributed by atoms with van der Waals surface area (Å²) in [4.78, 5) is 29.4. The number of nitrogens with zero attached hydrogens (tertiary/aromatic N) is 4. The number of rotatable bonds is 9. The van der Waals surface area contributed by atoms with Gasteiger partial charge in [0.25, 0.3) is 0 Å². The Kier molecular flexibility index (Phi) is 7.29. The number of piperazine rings is 1. The standard InChI is InChI=1S/C26H34N6O2/c1-3-21-12-20(6-9-25(21)18(2)33)10-11-30-15-24-14-23(30)16-31(24)26(34)13-19-4-7-22(8-5-19)32(28)17-29-27/h4-9,12,17,23-24H,3,10-11,13-16,27-28H2,1-2H3/b29-17-. The molecule has 0 saturated carbocycles. The molecule has 2 aliphatic heterocycles. The molecule has 0 spiro atoms. The van der Waals surface area contributed by atoms with Gasteiger partial charge in [-0.25, -0.2) is 5.84 Å². The second-order valence-electron chi connectivity index (χ2n) is 9.25. The van der Waals surface area contributed by atoms with E-state index in [0.717, 1.165) is 61.3 Å². The van der Waals surface area contributed by atoms with E-state index in [1.54, 1.807) is 6.92 Å². The second kappa shape index (κ2) is 10.4. The van der Waals surface area contributed by atoms with Crippen molar-refractivity contribution < 1.29 is 9.59 Å². The first-order valence-electron chi connectivity index (χ1n) is 11.9. The van der Waals surface area contributed by atoms with Gasteiger partial charge in [0.15, 0.2) is 5.78 Å². The highest BCUT2D eigenvalue weighted by atomic mass is 16.2. The molecule has 4 N–H and O–H groups in total. The Labute approximate surface area is 201 Å².